The number of hydrogen-bond acceptors (Lipinski definition) is 5. The number of aryl methyl sites for hydroxylation is 1. The standard InChI is InChI=1S/C20H32N2O5S/c1-3-27-15-7-12-21-20(23)11-8-17-16-18(9-10-19(17)26-2)28(24,25)22-13-5-4-6-14-22/h9-10,16H,3-8,11-15H2,1-2H3,(H,21,23). The predicted molar refractivity (Wildman–Crippen MR) is 108 cm³/mol. The van der Waals surface area contributed by atoms with Crippen LogP contribution in [0.1, 0.15) is 44.6 Å². The Kier molecular flexibility index (Phi) is 9.21. The van der Waals surface area contributed by atoms with Crippen LogP contribution in [-0.2, 0) is 26.0 Å². The van der Waals surface area contributed by atoms with E-state index in [4.69, 9.17) is 9.47 Å². The molecule has 0 aromatic heterocycles. The average molecular weight is 413 g/mol. The minimum absolute atomic E-state index is 0.0668. The van der Waals surface area contributed by atoms with Crippen LogP contribution in [0.3, 0.4) is 0 Å². The van der Waals surface area contributed by atoms with Gasteiger partial charge in [-0.25, -0.2) is 8.42 Å². The Hall–Kier alpha value is -1.64. The molecule has 1 aromatic rings. The van der Waals surface area contributed by atoms with Gasteiger partial charge in [-0.15, -0.1) is 0 Å². The number of carbonyl (C=O) groups is 1. The lowest BCUT2D eigenvalue weighted by atomic mass is 10.1. The fourth-order valence-corrected chi connectivity index (χ4v) is 4.82. The summed E-state index contributed by atoms with van der Waals surface area (Å²) in [5.74, 6) is 0.532. The van der Waals surface area contributed by atoms with Crippen molar-refractivity contribution >= 4 is 15.9 Å². The number of benzene rings is 1. The van der Waals surface area contributed by atoms with Gasteiger partial charge in [0.25, 0.3) is 0 Å². The Balaban J connectivity index is 1.99. The van der Waals surface area contributed by atoms with Crippen molar-refractivity contribution in [1.82, 2.24) is 9.62 Å². The summed E-state index contributed by atoms with van der Waals surface area (Å²) in [6.07, 6.45) is 4.32. The molecule has 1 aliphatic rings. The number of ether oxygens (including phenoxy) is 2. The van der Waals surface area contributed by atoms with E-state index in [2.05, 4.69) is 5.32 Å². The van der Waals surface area contributed by atoms with E-state index in [1.165, 1.54) is 0 Å². The van der Waals surface area contributed by atoms with E-state index < -0.39 is 10.0 Å². The zero-order valence-corrected chi connectivity index (χ0v) is 17.7. The molecule has 0 atom stereocenters. The van der Waals surface area contributed by atoms with Crippen LogP contribution in [0.4, 0.5) is 0 Å². The van der Waals surface area contributed by atoms with Crippen molar-refractivity contribution in [1.29, 1.82) is 0 Å². The molecule has 0 bridgehead atoms. The molecular weight excluding hydrogens is 380 g/mol. The molecule has 0 saturated carbocycles. The number of carbonyl (C=O) groups excluding carboxylic acids is 1. The topological polar surface area (TPSA) is 84.9 Å². The van der Waals surface area contributed by atoms with Gasteiger partial charge in [0, 0.05) is 39.3 Å². The summed E-state index contributed by atoms with van der Waals surface area (Å²) in [5.41, 5.74) is 0.727. The van der Waals surface area contributed by atoms with Gasteiger partial charge in [-0.2, -0.15) is 4.31 Å². The Morgan fingerprint density at radius 2 is 1.96 bits per heavy atom. The fraction of sp³-hybridized carbons (Fsp3) is 0.650. The van der Waals surface area contributed by atoms with Crippen LogP contribution in [0.5, 0.6) is 5.75 Å². The SMILES string of the molecule is CCOCCCNC(=O)CCc1cc(S(=O)(=O)N2CCCCC2)ccc1OC. The zero-order chi connectivity index (χ0) is 20.4. The maximum Gasteiger partial charge on any atom is 0.243 e. The molecule has 0 unspecified atom stereocenters. The number of nitrogens with one attached hydrogen (secondary N) is 1. The van der Waals surface area contributed by atoms with Crippen LogP contribution in [0.2, 0.25) is 0 Å². The molecule has 7 nitrogen and oxygen atoms in total. The summed E-state index contributed by atoms with van der Waals surface area (Å²) in [7, 11) is -1.96. The summed E-state index contributed by atoms with van der Waals surface area (Å²) in [4.78, 5) is 12.3. The Bertz CT molecular complexity index is 730. The number of sulfonamides is 1. The quantitative estimate of drug-likeness (QED) is 0.564. The van der Waals surface area contributed by atoms with Crippen molar-refractivity contribution in [2.75, 3.05) is 40.0 Å². The van der Waals surface area contributed by atoms with E-state index in [9.17, 15) is 13.2 Å². The molecule has 1 aromatic carbocycles. The van der Waals surface area contributed by atoms with E-state index in [1.54, 1.807) is 29.6 Å². The fourth-order valence-electron chi connectivity index (χ4n) is 3.25. The Morgan fingerprint density at radius 1 is 1.21 bits per heavy atom. The van der Waals surface area contributed by atoms with Crippen molar-refractivity contribution in [2.45, 2.75) is 50.3 Å². The highest BCUT2D eigenvalue weighted by Crippen LogP contribution is 2.27. The monoisotopic (exact) mass is 412 g/mol. The predicted octanol–water partition coefficient (Wildman–Crippen LogP) is 2.35. The molecule has 0 aliphatic carbocycles. The first-order valence-corrected chi connectivity index (χ1v) is 11.4. The van der Waals surface area contributed by atoms with Gasteiger partial charge in [-0.05, 0) is 56.4 Å². The van der Waals surface area contributed by atoms with Gasteiger partial charge >= 0.3 is 0 Å². The molecule has 158 valence electrons. The van der Waals surface area contributed by atoms with Gasteiger partial charge in [-0.1, -0.05) is 6.42 Å². The molecular formula is C20H32N2O5S. The second-order valence-corrected chi connectivity index (χ2v) is 8.78. The lowest BCUT2D eigenvalue weighted by Gasteiger charge is -2.26. The minimum Gasteiger partial charge on any atom is -0.496 e. The van der Waals surface area contributed by atoms with Crippen LogP contribution in [0, 0.1) is 0 Å². The van der Waals surface area contributed by atoms with E-state index >= 15 is 0 Å². The highest BCUT2D eigenvalue weighted by molar-refractivity contribution is 7.89. The molecule has 1 heterocycles. The normalized spacial score (nSPS) is 15.4. The van der Waals surface area contributed by atoms with Crippen LogP contribution < -0.4 is 10.1 Å². The highest BCUT2D eigenvalue weighted by atomic mass is 32.2. The number of amides is 1. The summed E-state index contributed by atoms with van der Waals surface area (Å²) in [6, 6.07) is 4.90. The molecule has 0 spiro atoms. The summed E-state index contributed by atoms with van der Waals surface area (Å²) in [5, 5.41) is 2.86. The molecule has 0 radical (unpaired) electrons. The number of nitrogens with zero attached hydrogens (tertiary/aromatic N) is 1. The first-order chi connectivity index (χ1) is 13.5. The van der Waals surface area contributed by atoms with Gasteiger partial charge in [0.15, 0.2) is 0 Å². The Morgan fingerprint density at radius 3 is 2.64 bits per heavy atom. The van der Waals surface area contributed by atoms with E-state index in [-0.39, 0.29) is 17.2 Å². The summed E-state index contributed by atoms with van der Waals surface area (Å²) in [6.45, 7) is 4.93. The van der Waals surface area contributed by atoms with Crippen LogP contribution in [-0.4, -0.2) is 58.6 Å². The summed E-state index contributed by atoms with van der Waals surface area (Å²) < 4.78 is 37.9. The lowest BCUT2D eigenvalue weighted by molar-refractivity contribution is -0.121. The lowest BCUT2D eigenvalue weighted by Crippen LogP contribution is -2.35. The van der Waals surface area contributed by atoms with Crippen molar-refractivity contribution in [3.63, 3.8) is 0 Å². The minimum atomic E-state index is -3.51. The van der Waals surface area contributed by atoms with Gasteiger partial charge in [0.2, 0.25) is 15.9 Å². The largest absolute Gasteiger partial charge is 0.496 e. The molecule has 1 amide bonds. The molecule has 1 saturated heterocycles. The van der Waals surface area contributed by atoms with Crippen molar-refractivity contribution in [2.24, 2.45) is 0 Å². The number of rotatable bonds is 11. The van der Waals surface area contributed by atoms with Crippen molar-refractivity contribution in [3.8, 4) is 5.75 Å². The van der Waals surface area contributed by atoms with E-state index in [1.807, 2.05) is 6.92 Å². The first-order valence-electron chi connectivity index (χ1n) is 10.0. The number of hydrogen-bond donors (Lipinski definition) is 1. The number of methoxy groups -OCH3 is 1. The second kappa shape index (κ2) is 11.4. The van der Waals surface area contributed by atoms with E-state index in [0.29, 0.717) is 45.0 Å². The molecule has 2 rings (SSSR count). The second-order valence-electron chi connectivity index (χ2n) is 6.84. The number of piperidine rings is 1. The van der Waals surface area contributed by atoms with Crippen LogP contribution >= 0.6 is 0 Å². The van der Waals surface area contributed by atoms with Crippen molar-refractivity contribution in [3.05, 3.63) is 23.8 Å². The smallest absolute Gasteiger partial charge is 0.243 e. The van der Waals surface area contributed by atoms with Crippen LogP contribution in [0.15, 0.2) is 23.1 Å². The molecule has 8 heteroatoms. The van der Waals surface area contributed by atoms with Gasteiger partial charge in [0.05, 0.1) is 12.0 Å². The average Bonchev–Trinajstić information content (AvgIpc) is 2.72. The third-order valence-electron chi connectivity index (χ3n) is 4.82. The maximum atomic E-state index is 12.9. The maximum absolute atomic E-state index is 12.9. The van der Waals surface area contributed by atoms with Crippen molar-refractivity contribution < 1.29 is 22.7 Å². The van der Waals surface area contributed by atoms with Gasteiger partial charge < -0.3 is 14.8 Å². The summed E-state index contributed by atoms with van der Waals surface area (Å²) >= 11 is 0. The molecule has 1 N–H and O–H groups in total. The highest BCUT2D eigenvalue weighted by Gasteiger charge is 2.26. The van der Waals surface area contributed by atoms with Gasteiger partial charge in [0.1, 0.15) is 5.75 Å². The zero-order valence-electron chi connectivity index (χ0n) is 16.9. The third-order valence-corrected chi connectivity index (χ3v) is 6.71. The molecule has 28 heavy (non-hydrogen) atoms. The molecule has 1 aliphatic heterocycles. The third kappa shape index (κ3) is 6.46. The first kappa shape index (κ1) is 22.6. The van der Waals surface area contributed by atoms with Gasteiger partial charge in [-0.3, -0.25) is 4.79 Å². The molecule has 1 fully saturated rings. The Labute approximate surface area is 168 Å². The van der Waals surface area contributed by atoms with E-state index in [0.717, 1.165) is 31.2 Å². The van der Waals surface area contributed by atoms with Crippen LogP contribution in [0.25, 0.3) is 0 Å².